The van der Waals surface area contributed by atoms with Gasteiger partial charge in [0.15, 0.2) is 0 Å². The molecule has 0 bridgehead atoms. The van der Waals surface area contributed by atoms with Crippen LogP contribution in [0.1, 0.15) is 50.8 Å². The van der Waals surface area contributed by atoms with Crippen LogP contribution in [0.15, 0.2) is 54.7 Å². The number of urea groups is 1. The minimum Gasteiger partial charge on any atom is -0.340 e. The second-order valence-electron chi connectivity index (χ2n) is 11.1. The summed E-state index contributed by atoms with van der Waals surface area (Å²) in [6.07, 6.45) is 2.64. The molecule has 1 unspecified atom stereocenters. The molecule has 244 valence electrons. The molecule has 14 heteroatoms. The van der Waals surface area contributed by atoms with Crippen molar-refractivity contribution in [2.75, 3.05) is 32.8 Å². The fourth-order valence-corrected chi connectivity index (χ4v) is 5.33. The quantitative estimate of drug-likeness (QED) is 0.330. The molecule has 2 atom stereocenters. The number of halogens is 3. The third-order valence-corrected chi connectivity index (χ3v) is 8.12. The summed E-state index contributed by atoms with van der Waals surface area (Å²) in [5.41, 5.74) is 6.23. The van der Waals surface area contributed by atoms with Gasteiger partial charge in [-0.2, -0.15) is 5.06 Å². The van der Waals surface area contributed by atoms with Gasteiger partial charge in [-0.25, -0.2) is 24.5 Å². The minimum atomic E-state index is -0.753. The Morgan fingerprint density at radius 3 is 2.53 bits per heavy atom. The highest BCUT2D eigenvalue weighted by Crippen LogP contribution is 2.26. The van der Waals surface area contributed by atoms with Gasteiger partial charge in [-0.05, 0) is 55.7 Å². The maximum absolute atomic E-state index is 14.0. The third kappa shape index (κ3) is 9.44. The molecule has 0 radical (unpaired) electrons. The predicted octanol–water partition coefficient (Wildman–Crippen LogP) is 4.32. The molecule has 2 aliphatic rings. The molecule has 2 aromatic carbocycles. The Bertz CT molecular complexity index is 1370. The number of amides is 4. The lowest BCUT2D eigenvalue weighted by Crippen LogP contribution is -2.52. The monoisotopic (exact) mass is 648 g/mol. The molecule has 0 aromatic heterocycles. The first-order valence-corrected chi connectivity index (χ1v) is 15.2. The molecule has 2 aromatic rings. The Kier molecular flexibility index (Phi) is 12.3. The second-order valence-corrected chi connectivity index (χ2v) is 11.5. The lowest BCUT2D eigenvalue weighted by molar-refractivity contribution is -0.141. The topological polar surface area (TPSA) is 107 Å². The van der Waals surface area contributed by atoms with Crippen molar-refractivity contribution in [2.24, 2.45) is 0 Å². The summed E-state index contributed by atoms with van der Waals surface area (Å²) in [5, 5.41) is 2.14. The number of piperazine rings is 1. The van der Waals surface area contributed by atoms with Gasteiger partial charge < -0.3 is 4.90 Å². The van der Waals surface area contributed by atoms with Gasteiger partial charge in [0.1, 0.15) is 17.7 Å². The number of rotatable bonds is 12. The van der Waals surface area contributed by atoms with E-state index in [-0.39, 0.29) is 42.8 Å². The average Bonchev–Trinajstić information content (AvgIpc) is 3.52. The van der Waals surface area contributed by atoms with Crippen molar-refractivity contribution in [1.82, 2.24) is 30.8 Å². The Hall–Kier alpha value is -3.62. The molecule has 2 heterocycles. The van der Waals surface area contributed by atoms with Crippen molar-refractivity contribution in [2.45, 2.75) is 58.3 Å². The Balaban J connectivity index is 1.37. The Morgan fingerprint density at radius 2 is 1.84 bits per heavy atom. The van der Waals surface area contributed by atoms with Gasteiger partial charge in [-0.1, -0.05) is 35.9 Å². The highest BCUT2D eigenvalue weighted by molar-refractivity contribution is 6.31. The molecule has 45 heavy (non-hydrogen) atoms. The Morgan fingerprint density at radius 1 is 1.11 bits per heavy atom. The van der Waals surface area contributed by atoms with E-state index in [2.05, 4.69) is 29.7 Å². The van der Waals surface area contributed by atoms with Crippen LogP contribution < -0.4 is 10.9 Å². The summed E-state index contributed by atoms with van der Waals surface area (Å²) >= 11 is 6.11. The van der Waals surface area contributed by atoms with Crippen molar-refractivity contribution >= 4 is 29.4 Å². The van der Waals surface area contributed by atoms with E-state index >= 15 is 0 Å². The van der Waals surface area contributed by atoms with E-state index in [4.69, 9.17) is 21.3 Å². The van der Waals surface area contributed by atoms with Crippen LogP contribution in [0.5, 0.6) is 0 Å². The zero-order valence-electron chi connectivity index (χ0n) is 25.5. The van der Waals surface area contributed by atoms with E-state index in [1.165, 1.54) is 42.4 Å². The first kappa shape index (κ1) is 34.3. The van der Waals surface area contributed by atoms with Crippen LogP contribution in [0.4, 0.5) is 13.6 Å². The minimum absolute atomic E-state index is 0.0258. The fraction of sp³-hybridized carbons (Fsp3) is 0.452. The lowest BCUT2D eigenvalue weighted by atomic mass is 10.1. The molecule has 4 amide bonds. The van der Waals surface area contributed by atoms with E-state index in [9.17, 15) is 23.2 Å². The molecule has 2 N–H and O–H groups in total. The number of benzene rings is 2. The zero-order chi connectivity index (χ0) is 32.5. The van der Waals surface area contributed by atoms with E-state index < -0.39 is 29.8 Å². The maximum atomic E-state index is 14.0. The Labute approximate surface area is 266 Å². The summed E-state index contributed by atoms with van der Waals surface area (Å²) in [7, 11) is 0. The van der Waals surface area contributed by atoms with Crippen LogP contribution in [0.2, 0.25) is 5.02 Å². The maximum Gasteiger partial charge on any atom is 0.369 e. The summed E-state index contributed by atoms with van der Waals surface area (Å²) in [4.78, 5) is 53.8. The second kappa shape index (κ2) is 16.1. The van der Waals surface area contributed by atoms with Gasteiger partial charge in [0, 0.05) is 58.3 Å². The van der Waals surface area contributed by atoms with Gasteiger partial charge in [-0.3, -0.25) is 29.2 Å². The first-order valence-electron chi connectivity index (χ1n) is 14.8. The smallest absolute Gasteiger partial charge is 0.340 e. The molecular weight excluding hydrogens is 610 g/mol. The highest BCUT2D eigenvalue weighted by atomic mass is 35.5. The first-order chi connectivity index (χ1) is 21.5. The van der Waals surface area contributed by atoms with Crippen molar-refractivity contribution in [3.05, 3.63) is 82.5 Å². The van der Waals surface area contributed by atoms with Crippen molar-refractivity contribution in [3.63, 3.8) is 0 Å². The SMILES string of the molecule is CC(=O)N(NCc1cccc(F)c1Cl)[C@@H](CCC(=O)N1CCN(C(C)C)CC1)CONC(=O)N1C=CC(c2cccc(F)c2)O1. The summed E-state index contributed by atoms with van der Waals surface area (Å²) in [6.45, 7) is 8.21. The van der Waals surface area contributed by atoms with E-state index in [1.54, 1.807) is 24.3 Å². The van der Waals surface area contributed by atoms with Crippen LogP contribution in [0.3, 0.4) is 0 Å². The molecule has 2 aliphatic heterocycles. The number of nitrogens with one attached hydrogen (secondary N) is 2. The fourth-order valence-electron chi connectivity index (χ4n) is 5.14. The largest absolute Gasteiger partial charge is 0.369 e. The average molecular weight is 649 g/mol. The highest BCUT2D eigenvalue weighted by Gasteiger charge is 2.28. The van der Waals surface area contributed by atoms with Crippen LogP contribution >= 0.6 is 11.6 Å². The van der Waals surface area contributed by atoms with E-state index in [0.29, 0.717) is 30.3 Å². The third-order valence-electron chi connectivity index (χ3n) is 7.70. The standard InChI is InChI=1S/C31H39ClF2N6O5/c1-21(2)37-14-16-38(17-15-37)29(42)11-10-26(40(22(3)41)35-19-24-7-5-9-27(34)30(24)32)20-44-36-31(43)39-13-12-28(45-39)23-6-4-8-25(33)18-23/h4-9,12-13,18,21,26,28,35H,10-11,14-17,19-20H2,1-3H3,(H,36,43)/t26-,28?/m0/s1. The van der Waals surface area contributed by atoms with Gasteiger partial charge in [-0.15, -0.1) is 0 Å². The number of carbonyl (C=O) groups excluding carboxylic acids is 3. The molecule has 4 rings (SSSR count). The molecule has 0 spiro atoms. The summed E-state index contributed by atoms with van der Waals surface area (Å²) in [6, 6.07) is 9.15. The van der Waals surface area contributed by atoms with Crippen molar-refractivity contribution in [1.29, 1.82) is 0 Å². The summed E-state index contributed by atoms with van der Waals surface area (Å²) < 4.78 is 27.6. The number of hydroxylamine groups is 3. The number of nitrogens with zero attached hydrogens (tertiary/aromatic N) is 4. The predicted molar refractivity (Wildman–Crippen MR) is 163 cm³/mol. The molecular formula is C31H39ClF2N6O5. The number of carbonyl (C=O) groups is 3. The van der Waals surface area contributed by atoms with Crippen molar-refractivity contribution in [3.8, 4) is 0 Å². The van der Waals surface area contributed by atoms with Gasteiger partial charge >= 0.3 is 6.03 Å². The number of hydrogen-bond acceptors (Lipinski definition) is 7. The van der Waals surface area contributed by atoms with E-state index in [1.807, 2.05) is 4.90 Å². The molecule has 0 saturated carbocycles. The lowest BCUT2D eigenvalue weighted by Gasteiger charge is -2.37. The van der Waals surface area contributed by atoms with E-state index in [0.717, 1.165) is 18.2 Å². The zero-order valence-corrected chi connectivity index (χ0v) is 26.3. The van der Waals surface area contributed by atoms with Gasteiger partial charge in [0.25, 0.3) is 0 Å². The summed E-state index contributed by atoms with van der Waals surface area (Å²) in [5.74, 6) is -1.46. The molecule has 1 fully saturated rings. The molecule has 11 nitrogen and oxygen atoms in total. The molecule has 0 aliphatic carbocycles. The van der Waals surface area contributed by atoms with Crippen LogP contribution in [-0.2, 0) is 25.8 Å². The number of hydrogen-bond donors (Lipinski definition) is 2. The number of hydrazine groups is 1. The molecule has 1 saturated heterocycles. The van der Waals surface area contributed by atoms with Gasteiger partial charge in [0.05, 0.1) is 17.7 Å². The normalized spacial score (nSPS) is 17.5. The van der Waals surface area contributed by atoms with Crippen LogP contribution in [0.25, 0.3) is 0 Å². The van der Waals surface area contributed by atoms with Crippen molar-refractivity contribution < 1.29 is 32.8 Å². The van der Waals surface area contributed by atoms with Crippen LogP contribution in [0, 0.1) is 11.6 Å². The van der Waals surface area contributed by atoms with Crippen LogP contribution in [-0.4, -0.2) is 82.6 Å². The van der Waals surface area contributed by atoms with Gasteiger partial charge in [0.2, 0.25) is 11.8 Å².